The van der Waals surface area contributed by atoms with Crippen LogP contribution in [0, 0.1) is 11.6 Å². The number of fused-ring (bicyclic) bond motifs is 1. The van der Waals surface area contributed by atoms with Crippen molar-refractivity contribution >= 4 is 28.8 Å². The Kier molecular flexibility index (Phi) is 3.89. The minimum absolute atomic E-state index is 0.0483. The second-order valence-corrected chi connectivity index (χ2v) is 5.05. The fourth-order valence-electron chi connectivity index (χ4n) is 2.41. The molecule has 4 nitrogen and oxygen atoms in total. The molecule has 0 aliphatic rings. The Labute approximate surface area is 130 Å². The summed E-state index contributed by atoms with van der Waals surface area (Å²) in [6.07, 6.45) is 2.12. The number of hydrogen-bond donors (Lipinski definition) is 1. The summed E-state index contributed by atoms with van der Waals surface area (Å²) in [6.45, 7) is -0.0483. The van der Waals surface area contributed by atoms with Crippen molar-refractivity contribution in [2.24, 2.45) is 0 Å². The number of carbonyl (C=O) groups excluding carboxylic acids is 2. The van der Waals surface area contributed by atoms with Crippen molar-refractivity contribution in [3.63, 3.8) is 0 Å². The highest BCUT2D eigenvalue weighted by molar-refractivity contribution is 5.99. The van der Waals surface area contributed by atoms with E-state index in [1.165, 1.54) is 48.7 Å². The Morgan fingerprint density at radius 3 is 2.48 bits per heavy atom. The molecule has 0 aliphatic heterocycles. The van der Waals surface area contributed by atoms with E-state index in [2.05, 4.69) is 5.32 Å². The molecule has 0 fully saturated rings. The summed E-state index contributed by atoms with van der Waals surface area (Å²) in [5.74, 6) is -1.18. The molecule has 116 valence electrons. The predicted octanol–water partition coefficient (Wildman–Crippen LogP) is 3.37. The van der Waals surface area contributed by atoms with Gasteiger partial charge in [0.2, 0.25) is 5.91 Å². The van der Waals surface area contributed by atoms with Crippen LogP contribution in [0.1, 0.15) is 10.4 Å². The van der Waals surface area contributed by atoms with Crippen molar-refractivity contribution in [2.75, 3.05) is 5.32 Å². The zero-order valence-electron chi connectivity index (χ0n) is 11.9. The lowest BCUT2D eigenvalue weighted by Gasteiger charge is -2.07. The molecular formula is C17H12F2N2O2. The van der Waals surface area contributed by atoms with Crippen LogP contribution in [0.3, 0.4) is 0 Å². The maximum atomic E-state index is 13.3. The van der Waals surface area contributed by atoms with Crippen LogP contribution >= 0.6 is 0 Å². The number of rotatable bonds is 4. The summed E-state index contributed by atoms with van der Waals surface area (Å²) < 4.78 is 27.7. The zero-order chi connectivity index (χ0) is 16.4. The van der Waals surface area contributed by atoms with Crippen LogP contribution in [0.4, 0.5) is 14.5 Å². The van der Waals surface area contributed by atoms with Gasteiger partial charge in [0.15, 0.2) is 6.29 Å². The van der Waals surface area contributed by atoms with Crippen molar-refractivity contribution in [1.29, 1.82) is 0 Å². The zero-order valence-corrected chi connectivity index (χ0v) is 11.9. The van der Waals surface area contributed by atoms with Gasteiger partial charge in [0, 0.05) is 28.4 Å². The van der Waals surface area contributed by atoms with Crippen molar-refractivity contribution in [2.45, 2.75) is 6.54 Å². The molecule has 2 aromatic carbocycles. The highest BCUT2D eigenvalue weighted by Gasteiger charge is 2.12. The number of aldehydes is 1. The minimum Gasteiger partial charge on any atom is -0.337 e. The second kappa shape index (κ2) is 6.00. The first-order valence-corrected chi connectivity index (χ1v) is 6.86. The Balaban J connectivity index is 1.84. The lowest BCUT2D eigenvalue weighted by Crippen LogP contribution is -2.18. The number of halogens is 2. The van der Waals surface area contributed by atoms with E-state index < -0.39 is 11.6 Å². The molecule has 0 saturated carbocycles. The standard InChI is InChI=1S/C17H12F2N2O2/c18-12-1-4-14(5-2-12)20-17(23)9-21-8-11(10-22)15-7-13(19)3-6-16(15)21/h1-8,10H,9H2,(H,20,23). The maximum Gasteiger partial charge on any atom is 0.244 e. The number of nitrogens with zero attached hydrogens (tertiary/aromatic N) is 1. The molecule has 0 aliphatic carbocycles. The smallest absolute Gasteiger partial charge is 0.244 e. The molecule has 1 aromatic heterocycles. The molecule has 0 radical (unpaired) electrons. The molecule has 0 atom stereocenters. The van der Waals surface area contributed by atoms with E-state index in [1.807, 2.05) is 0 Å². The minimum atomic E-state index is -0.450. The third kappa shape index (κ3) is 3.11. The molecule has 0 spiro atoms. The number of anilines is 1. The first-order valence-electron chi connectivity index (χ1n) is 6.86. The van der Waals surface area contributed by atoms with Gasteiger partial charge in [0.1, 0.15) is 18.2 Å². The van der Waals surface area contributed by atoms with Gasteiger partial charge in [-0.25, -0.2) is 8.78 Å². The van der Waals surface area contributed by atoms with Crippen LogP contribution in [0.5, 0.6) is 0 Å². The average molecular weight is 314 g/mol. The Morgan fingerprint density at radius 1 is 1.09 bits per heavy atom. The van der Waals surface area contributed by atoms with Gasteiger partial charge in [-0.1, -0.05) is 0 Å². The van der Waals surface area contributed by atoms with E-state index in [-0.39, 0.29) is 12.5 Å². The van der Waals surface area contributed by atoms with Gasteiger partial charge in [-0.05, 0) is 42.5 Å². The fraction of sp³-hybridized carbons (Fsp3) is 0.0588. The first-order chi connectivity index (χ1) is 11.1. The van der Waals surface area contributed by atoms with Crippen LogP contribution < -0.4 is 5.32 Å². The summed E-state index contributed by atoms with van der Waals surface area (Å²) in [6, 6.07) is 9.43. The molecule has 23 heavy (non-hydrogen) atoms. The highest BCUT2D eigenvalue weighted by Crippen LogP contribution is 2.21. The molecule has 3 rings (SSSR count). The molecule has 6 heteroatoms. The number of aromatic nitrogens is 1. The molecule has 3 aromatic rings. The predicted molar refractivity (Wildman–Crippen MR) is 82.3 cm³/mol. The number of benzene rings is 2. The Bertz CT molecular complexity index is 885. The summed E-state index contributed by atoms with van der Waals surface area (Å²) >= 11 is 0. The topological polar surface area (TPSA) is 51.1 Å². The molecule has 1 heterocycles. The Hall–Kier alpha value is -3.02. The first kappa shape index (κ1) is 14.9. The summed E-state index contributed by atoms with van der Waals surface area (Å²) in [4.78, 5) is 23.2. The number of carbonyl (C=O) groups is 2. The quantitative estimate of drug-likeness (QED) is 0.751. The molecule has 0 saturated heterocycles. The van der Waals surface area contributed by atoms with Gasteiger partial charge in [-0.15, -0.1) is 0 Å². The van der Waals surface area contributed by atoms with E-state index in [1.54, 1.807) is 4.57 Å². The molecular weight excluding hydrogens is 302 g/mol. The van der Waals surface area contributed by atoms with Gasteiger partial charge >= 0.3 is 0 Å². The van der Waals surface area contributed by atoms with Crippen LogP contribution in [-0.4, -0.2) is 16.8 Å². The fourth-order valence-corrected chi connectivity index (χ4v) is 2.41. The average Bonchev–Trinajstić information content (AvgIpc) is 2.86. The van der Waals surface area contributed by atoms with Crippen LogP contribution in [0.15, 0.2) is 48.7 Å². The van der Waals surface area contributed by atoms with E-state index >= 15 is 0 Å². The van der Waals surface area contributed by atoms with Gasteiger partial charge < -0.3 is 9.88 Å². The molecule has 0 bridgehead atoms. The maximum absolute atomic E-state index is 13.3. The third-order valence-corrected chi connectivity index (χ3v) is 3.44. The number of nitrogens with one attached hydrogen (secondary N) is 1. The van der Waals surface area contributed by atoms with E-state index in [9.17, 15) is 18.4 Å². The lowest BCUT2D eigenvalue weighted by atomic mass is 10.2. The molecule has 1 N–H and O–H groups in total. The van der Waals surface area contributed by atoms with E-state index in [0.717, 1.165) is 0 Å². The van der Waals surface area contributed by atoms with Crippen LogP contribution in [-0.2, 0) is 11.3 Å². The summed E-state index contributed by atoms with van der Waals surface area (Å²) in [5, 5.41) is 3.09. The van der Waals surface area contributed by atoms with Crippen molar-refractivity contribution in [3.05, 3.63) is 65.9 Å². The van der Waals surface area contributed by atoms with Crippen LogP contribution in [0.25, 0.3) is 10.9 Å². The SMILES string of the molecule is O=Cc1cn(CC(=O)Nc2ccc(F)cc2)c2ccc(F)cc12. The third-order valence-electron chi connectivity index (χ3n) is 3.44. The molecule has 0 unspecified atom stereocenters. The molecule has 1 amide bonds. The highest BCUT2D eigenvalue weighted by atomic mass is 19.1. The van der Waals surface area contributed by atoms with Gasteiger partial charge in [-0.3, -0.25) is 9.59 Å². The van der Waals surface area contributed by atoms with Gasteiger partial charge in [0.05, 0.1) is 0 Å². The van der Waals surface area contributed by atoms with Crippen molar-refractivity contribution < 1.29 is 18.4 Å². The normalized spacial score (nSPS) is 10.7. The van der Waals surface area contributed by atoms with Crippen LogP contribution in [0.2, 0.25) is 0 Å². The lowest BCUT2D eigenvalue weighted by molar-refractivity contribution is -0.116. The Morgan fingerprint density at radius 2 is 1.78 bits per heavy atom. The van der Waals surface area contributed by atoms with Crippen molar-refractivity contribution in [1.82, 2.24) is 4.57 Å². The summed E-state index contributed by atoms with van der Waals surface area (Å²) in [5.41, 5.74) is 1.37. The van der Waals surface area contributed by atoms with E-state index in [0.29, 0.717) is 28.4 Å². The number of hydrogen-bond acceptors (Lipinski definition) is 2. The second-order valence-electron chi connectivity index (χ2n) is 5.05. The van der Waals surface area contributed by atoms with E-state index in [4.69, 9.17) is 0 Å². The van der Waals surface area contributed by atoms with Gasteiger partial charge in [-0.2, -0.15) is 0 Å². The number of amides is 1. The van der Waals surface area contributed by atoms with Crippen molar-refractivity contribution in [3.8, 4) is 0 Å². The monoisotopic (exact) mass is 314 g/mol. The van der Waals surface area contributed by atoms with Gasteiger partial charge in [0.25, 0.3) is 0 Å². The largest absolute Gasteiger partial charge is 0.337 e. The summed E-state index contributed by atoms with van der Waals surface area (Å²) in [7, 11) is 0.